The first-order valence-electron chi connectivity index (χ1n) is 9.39. The molecule has 1 fully saturated rings. The van der Waals surface area contributed by atoms with E-state index in [0.717, 1.165) is 11.3 Å². The lowest BCUT2D eigenvalue weighted by Gasteiger charge is -2.36. The third-order valence-corrected chi connectivity index (χ3v) is 7.68. The van der Waals surface area contributed by atoms with Crippen molar-refractivity contribution in [3.8, 4) is 0 Å². The van der Waals surface area contributed by atoms with Gasteiger partial charge in [0.2, 0.25) is 0 Å². The number of thiophene rings is 1. The Morgan fingerprint density at radius 3 is 2.27 bits per heavy atom. The van der Waals surface area contributed by atoms with Crippen LogP contribution in [0.2, 0.25) is 0 Å². The monoisotopic (exact) mass is 445 g/mol. The number of nitrogens with one attached hydrogen (secondary N) is 1. The summed E-state index contributed by atoms with van der Waals surface area (Å²) in [4.78, 5) is 16.4. The van der Waals surface area contributed by atoms with Gasteiger partial charge in [-0.05, 0) is 47.8 Å². The summed E-state index contributed by atoms with van der Waals surface area (Å²) in [6.07, 6.45) is 0. The lowest BCUT2D eigenvalue weighted by atomic mass is 10.1. The number of carbonyl (C=O) groups excluding carboxylic acids is 1. The summed E-state index contributed by atoms with van der Waals surface area (Å²) in [6, 6.07) is 16.2. The van der Waals surface area contributed by atoms with E-state index in [-0.39, 0.29) is 15.9 Å². The SMILES string of the molecule is O=C(c1ccc(NS(=O)(=O)c2cccs2)cc1)N1CCN(c2ccccc2F)CC1. The maximum absolute atomic E-state index is 14.0. The Hall–Kier alpha value is -2.91. The molecule has 2 aromatic carbocycles. The van der Waals surface area contributed by atoms with Crippen LogP contribution in [0.15, 0.2) is 70.3 Å². The molecule has 0 saturated carbocycles. The molecule has 2 heterocycles. The summed E-state index contributed by atoms with van der Waals surface area (Å²) in [5, 5.41) is 1.70. The first-order valence-corrected chi connectivity index (χ1v) is 11.8. The maximum Gasteiger partial charge on any atom is 0.271 e. The van der Waals surface area contributed by atoms with E-state index in [9.17, 15) is 17.6 Å². The van der Waals surface area contributed by atoms with Crippen molar-refractivity contribution in [2.45, 2.75) is 4.21 Å². The highest BCUT2D eigenvalue weighted by molar-refractivity contribution is 7.94. The smallest absolute Gasteiger partial charge is 0.271 e. The number of sulfonamides is 1. The lowest BCUT2D eigenvalue weighted by molar-refractivity contribution is 0.0746. The van der Waals surface area contributed by atoms with Gasteiger partial charge in [0.1, 0.15) is 10.0 Å². The first kappa shape index (κ1) is 20.4. The van der Waals surface area contributed by atoms with Gasteiger partial charge in [0.05, 0.1) is 5.69 Å². The Labute approximate surface area is 178 Å². The Balaban J connectivity index is 1.38. The summed E-state index contributed by atoms with van der Waals surface area (Å²) in [6.45, 7) is 2.07. The van der Waals surface area contributed by atoms with Gasteiger partial charge < -0.3 is 9.80 Å². The van der Waals surface area contributed by atoms with Gasteiger partial charge in [-0.1, -0.05) is 18.2 Å². The number of carbonyl (C=O) groups is 1. The van der Waals surface area contributed by atoms with Crippen molar-refractivity contribution in [1.82, 2.24) is 4.90 Å². The molecule has 0 unspecified atom stereocenters. The molecule has 0 radical (unpaired) electrons. The minimum absolute atomic E-state index is 0.129. The number of nitrogens with zero attached hydrogens (tertiary/aromatic N) is 2. The number of anilines is 2. The number of benzene rings is 2. The van der Waals surface area contributed by atoms with Crippen molar-refractivity contribution >= 4 is 38.6 Å². The van der Waals surface area contributed by atoms with Crippen LogP contribution in [0.4, 0.5) is 15.8 Å². The number of para-hydroxylation sites is 1. The van der Waals surface area contributed by atoms with E-state index in [2.05, 4.69) is 4.72 Å². The van der Waals surface area contributed by atoms with Crippen LogP contribution < -0.4 is 9.62 Å². The van der Waals surface area contributed by atoms with Crippen LogP contribution in [0.5, 0.6) is 0 Å². The van der Waals surface area contributed by atoms with E-state index < -0.39 is 10.0 Å². The van der Waals surface area contributed by atoms with E-state index in [1.165, 1.54) is 12.1 Å². The van der Waals surface area contributed by atoms with Crippen LogP contribution in [0, 0.1) is 5.82 Å². The van der Waals surface area contributed by atoms with Gasteiger partial charge >= 0.3 is 0 Å². The van der Waals surface area contributed by atoms with Crippen LogP contribution >= 0.6 is 11.3 Å². The molecule has 1 amide bonds. The predicted octanol–water partition coefficient (Wildman–Crippen LogP) is 3.65. The average Bonchev–Trinajstić information content (AvgIpc) is 3.30. The van der Waals surface area contributed by atoms with E-state index in [1.807, 2.05) is 4.90 Å². The standard InChI is InChI=1S/C21H20FN3O3S2/c22-18-4-1-2-5-19(18)24-11-13-25(14-12-24)21(26)16-7-9-17(10-8-16)23-30(27,28)20-6-3-15-29-20/h1-10,15,23H,11-14H2. The fourth-order valence-electron chi connectivity index (χ4n) is 3.34. The fourth-order valence-corrected chi connectivity index (χ4v) is 5.40. The summed E-state index contributed by atoms with van der Waals surface area (Å²) in [5.41, 5.74) is 1.42. The molecule has 1 aliphatic rings. The molecule has 0 bridgehead atoms. The van der Waals surface area contributed by atoms with Gasteiger partial charge in [-0.15, -0.1) is 11.3 Å². The summed E-state index contributed by atoms with van der Waals surface area (Å²) in [5.74, 6) is -0.395. The number of rotatable bonds is 5. The minimum atomic E-state index is -3.62. The fraction of sp³-hybridized carbons (Fsp3) is 0.190. The summed E-state index contributed by atoms with van der Waals surface area (Å²) < 4.78 is 41.3. The van der Waals surface area contributed by atoms with Crippen LogP contribution in [-0.4, -0.2) is 45.4 Å². The highest BCUT2D eigenvalue weighted by Crippen LogP contribution is 2.22. The molecule has 1 N–H and O–H groups in total. The quantitative estimate of drug-likeness (QED) is 0.651. The molecule has 6 nitrogen and oxygen atoms in total. The van der Waals surface area contributed by atoms with Gasteiger partial charge in [0.15, 0.2) is 0 Å². The van der Waals surface area contributed by atoms with Crippen molar-refractivity contribution in [2.75, 3.05) is 35.8 Å². The molecule has 0 aliphatic carbocycles. The first-order chi connectivity index (χ1) is 14.4. The van der Waals surface area contributed by atoms with E-state index in [0.29, 0.717) is 43.1 Å². The highest BCUT2D eigenvalue weighted by atomic mass is 32.2. The molecule has 30 heavy (non-hydrogen) atoms. The third-order valence-electron chi connectivity index (χ3n) is 4.90. The van der Waals surface area contributed by atoms with Gasteiger partial charge in [-0.25, -0.2) is 12.8 Å². The molecule has 1 aromatic heterocycles. The van der Waals surface area contributed by atoms with Gasteiger partial charge in [0, 0.05) is 37.4 Å². The molecule has 156 valence electrons. The zero-order valence-corrected chi connectivity index (χ0v) is 17.6. The van der Waals surface area contributed by atoms with Crippen LogP contribution in [-0.2, 0) is 10.0 Å². The maximum atomic E-state index is 14.0. The second-order valence-corrected chi connectivity index (χ2v) is 9.70. The Morgan fingerprint density at radius 2 is 1.63 bits per heavy atom. The van der Waals surface area contributed by atoms with E-state index >= 15 is 0 Å². The van der Waals surface area contributed by atoms with Crippen molar-refractivity contribution in [3.63, 3.8) is 0 Å². The molecular weight excluding hydrogens is 425 g/mol. The van der Waals surface area contributed by atoms with E-state index in [4.69, 9.17) is 0 Å². The molecule has 1 aliphatic heterocycles. The largest absolute Gasteiger partial charge is 0.366 e. The normalized spacial score (nSPS) is 14.6. The molecule has 1 saturated heterocycles. The van der Waals surface area contributed by atoms with Crippen molar-refractivity contribution in [2.24, 2.45) is 0 Å². The predicted molar refractivity (Wildman–Crippen MR) is 116 cm³/mol. The molecule has 3 aromatic rings. The number of hydrogen-bond donors (Lipinski definition) is 1. The van der Waals surface area contributed by atoms with Crippen molar-refractivity contribution < 1.29 is 17.6 Å². The molecular formula is C21H20FN3O3S2. The van der Waals surface area contributed by atoms with Crippen LogP contribution in [0.25, 0.3) is 0 Å². The van der Waals surface area contributed by atoms with Gasteiger partial charge in [-0.2, -0.15) is 0 Å². The zero-order chi connectivity index (χ0) is 21.1. The minimum Gasteiger partial charge on any atom is -0.366 e. The second-order valence-electron chi connectivity index (χ2n) is 6.85. The Morgan fingerprint density at radius 1 is 0.933 bits per heavy atom. The molecule has 9 heteroatoms. The molecule has 4 rings (SSSR count). The summed E-state index contributed by atoms with van der Waals surface area (Å²) >= 11 is 1.14. The Bertz CT molecular complexity index is 1120. The topological polar surface area (TPSA) is 69.7 Å². The Kier molecular flexibility index (Phi) is 5.74. The number of hydrogen-bond acceptors (Lipinski definition) is 5. The highest BCUT2D eigenvalue weighted by Gasteiger charge is 2.23. The van der Waals surface area contributed by atoms with Crippen molar-refractivity contribution in [1.29, 1.82) is 0 Å². The molecule has 0 spiro atoms. The van der Waals surface area contributed by atoms with Crippen molar-refractivity contribution in [3.05, 3.63) is 77.4 Å². The molecule has 0 atom stereocenters. The van der Waals surface area contributed by atoms with E-state index in [1.54, 1.807) is 58.8 Å². The number of halogens is 1. The summed E-state index contributed by atoms with van der Waals surface area (Å²) in [7, 11) is -3.62. The second kappa shape index (κ2) is 8.45. The third kappa shape index (κ3) is 4.31. The van der Waals surface area contributed by atoms with Crippen LogP contribution in [0.1, 0.15) is 10.4 Å². The lowest BCUT2D eigenvalue weighted by Crippen LogP contribution is -2.49. The number of amides is 1. The van der Waals surface area contributed by atoms with Gasteiger partial charge in [-0.3, -0.25) is 9.52 Å². The van der Waals surface area contributed by atoms with Gasteiger partial charge in [0.25, 0.3) is 15.9 Å². The average molecular weight is 446 g/mol. The zero-order valence-electron chi connectivity index (χ0n) is 16.0. The number of piperazine rings is 1. The van der Waals surface area contributed by atoms with Crippen LogP contribution in [0.3, 0.4) is 0 Å².